The number of hydrogen-bond acceptors (Lipinski definition) is 10. The van der Waals surface area contributed by atoms with E-state index in [0.29, 0.717) is 0 Å². The van der Waals surface area contributed by atoms with E-state index in [4.69, 9.17) is 87.6 Å². The summed E-state index contributed by atoms with van der Waals surface area (Å²) in [7, 11) is -23.3. The molecule has 10 N–H and O–H groups in total. The maximum absolute atomic E-state index is 8.74. The second-order valence-electron chi connectivity index (χ2n) is 2.24. The van der Waals surface area contributed by atoms with Crippen LogP contribution in [0.2, 0.25) is 0 Å². The first-order valence-electron chi connectivity index (χ1n) is 3.49. The van der Waals surface area contributed by atoms with E-state index in [2.05, 4.69) is 0 Å². The van der Waals surface area contributed by atoms with E-state index in [1.54, 1.807) is 0 Å². The molecular formula is H10O20S5. The zero-order chi connectivity index (χ0) is 22.5. The fourth-order valence-electron chi connectivity index (χ4n) is 0. The first-order chi connectivity index (χ1) is 10.0. The van der Waals surface area contributed by atoms with Crippen molar-refractivity contribution in [3.8, 4) is 0 Å². The maximum atomic E-state index is 8.74. The average Bonchev–Trinajstić information content (AvgIpc) is 1.79. The van der Waals surface area contributed by atoms with Gasteiger partial charge in [0.2, 0.25) is 0 Å². The van der Waals surface area contributed by atoms with Crippen LogP contribution >= 0.6 is 0 Å². The lowest BCUT2D eigenvalue weighted by molar-refractivity contribution is 0.378. The van der Waals surface area contributed by atoms with Crippen molar-refractivity contribution in [3.63, 3.8) is 0 Å². The highest BCUT2D eigenvalue weighted by atomic mass is 32.3. The molecule has 0 aliphatic heterocycles. The zero-order valence-corrected chi connectivity index (χ0v) is 14.7. The maximum Gasteiger partial charge on any atom is 0.394 e. The Morgan fingerprint density at radius 3 is 0.240 bits per heavy atom. The van der Waals surface area contributed by atoms with Crippen molar-refractivity contribution in [1.29, 1.82) is 0 Å². The third-order valence-electron chi connectivity index (χ3n) is 0. The molecule has 0 aromatic heterocycles. The Morgan fingerprint density at radius 2 is 0.240 bits per heavy atom. The van der Waals surface area contributed by atoms with Crippen LogP contribution in [0, 0.1) is 0 Å². The van der Waals surface area contributed by atoms with E-state index >= 15 is 0 Å². The molecule has 0 fully saturated rings. The van der Waals surface area contributed by atoms with Crippen LogP contribution in [-0.4, -0.2) is 87.6 Å². The van der Waals surface area contributed by atoms with Gasteiger partial charge in [-0.25, -0.2) is 0 Å². The predicted octanol–water partition coefficient (Wildman–Crippen LogP) is -3.26. The minimum Gasteiger partial charge on any atom is -0.264 e. The van der Waals surface area contributed by atoms with E-state index < -0.39 is 52.0 Å². The summed E-state index contributed by atoms with van der Waals surface area (Å²) in [6.07, 6.45) is 0. The van der Waals surface area contributed by atoms with Gasteiger partial charge in [0, 0.05) is 0 Å². The second-order valence-corrected chi connectivity index (χ2v) is 6.72. The normalized spacial score (nSPS) is 11.6. The molecule has 25 heteroatoms. The molecule has 0 heterocycles. The average molecular weight is 490 g/mol. The number of hydrogen-bond donors (Lipinski definition) is 10. The van der Waals surface area contributed by atoms with Crippen molar-refractivity contribution in [2.24, 2.45) is 0 Å². The lowest BCUT2D eigenvalue weighted by Crippen LogP contribution is -1.89. The molecule has 0 aliphatic carbocycles. The van der Waals surface area contributed by atoms with Crippen LogP contribution in [-0.2, 0) is 52.0 Å². The summed E-state index contributed by atoms with van der Waals surface area (Å²) in [6, 6.07) is 0. The third kappa shape index (κ3) is 25200. The summed E-state index contributed by atoms with van der Waals surface area (Å²) < 4.78 is 158. The van der Waals surface area contributed by atoms with Gasteiger partial charge in [0.15, 0.2) is 0 Å². The van der Waals surface area contributed by atoms with Gasteiger partial charge in [-0.15, -0.1) is 0 Å². The summed E-state index contributed by atoms with van der Waals surface area (Å²) in [6.45, 7) is 0. The molecule has 0 bridgehead atoms. The Bertz CT molecular complexity index is 608. The van der Waals surface area contributed by atoms with Crippen molar-refractivity contribution in [1.82, 2.24) is 0 Å². The molecule has 0 atom stereocenters. The quantitative estimate of drug-likeness (QED) is 0.149. The lowest BCUT2D eigenvalue weighted by Gasteiger charge is -1.68. The van der Waals surface area contributed by atoms with Crippen LogP contribution < -0.4 is 0 Å². The molecule has 0 saturated heterocycles. The highest BCUT2D eigenvalue weighted by Crippen LogP contribution is 1.60. The molecule has 0 unspecified atom stereocenters. The summed E-state index contributed by atoms with van der Waals surface area (Å²) in [4.78, 5) is 0. The summed E-state index contributed by atoms with van der Waals surface area (Å²) >= 11 is 0. The summed E-state index contributed by atoms with van der Waals surface area (Å²) in [5.74, 6) is 0. The van der Waals surface area contributed by atoms with Crippen LogP contribution in [0.3, 0.4) is 0 Å². The standard InChI is InChI=1S/5H2O4S/c5*1-5(2,3)4/h5*(H2,1,2,3,4). The molecule has 160 valence electrons. The van der Waals surface area contributed by atoms with Crippen LogP contribution in [0.5, 0.6) is 0 Å². The molecule has 0 aromatic rings. The van der Waals surface area contributed by atoms with E-state index in [1.807, 2.05) is 0 Å². The van der Waals surface area contributed by atoms with Gasteiger partial charge in [-0.2, -0.15) is 42.1 Å². The van der Waals surface area contributed by atoms with Crippen molar-refractivity contribution in [2.75, 3.05) is 0 Å². The third-order valence-corrected chi connectivity index (χ3v) is 0. The molecule has 20 nitrogen and oxygen atoms in total. The van der Waals surface area contributed by atoms with E-state index in [-0.39, 0.29) is 0 Å². The first-order valence-corrected chi connectivity index (χ1v) is 10.5. The second kappa shape index (κ2) is 13.5. The SMILES string of the molecule is O=S(=O)(O)O.O=S(=O)(O)O.O=S(=O)(O)O.O=S(=O)(O)O.O=S(=O)(O)O. The highest BCUT2D eigenvalue weighted by molar-refractivity contribution is 7.80. The van der Waals surface area contributed by atoms with Crippen LogP contribution in [0.25, 0.3) is 0 Å². The van der Waals surface area contributed by atoms with Gasteiger partial charge in [0.1, 0.15) is 0 Å². The van der Waals surface area contributed by atoms with Crippen LogP contribution in [0.4, 0.5) is 0 Å². The monoisotopic (exact) mass is 490 g/mol. The van der Waals surface area contributed by atoms with Gasteiger partial charge in [-0.3, -0.25) is 45.5 Å². The lowest BCUT2D eigenvalue weighted by atomic mass is 15.8. The van der Waals surface area contributed by atoms with Gasteiger partial charge in [-0.05, 0) is 0 Å². The zero-order valence-electron chi connectivity index (χ0n) is 10.6. The molecule has 0 aliphatic rings. The topological polar surface area (TPSA) is 373 Å². The van der Waals surface area contributed by atoms with Crippen molar-refractivity contribution in [2.45, 2.75) is 0 Å². The van der Waals surface area contributed by atoms with Gasteiger partial charge in [-0.1, -0.05) is 0 Å². The van der Waals surface area contributed by atoms with Crippen molar-refractivity contribution < 1.29 is 87.6 Å². The van der Waals surface area contributed by atoms with E-state index in [9.17, 15) is 0 Å². The minimum absolute atomic E-state index is 4.67. The predicted molar refractivity (Wildman–Crippen MR) is 70.9 cm³/mol. The molecular weight excluding hydrogens is 480 g/mol. The van der Waals surface area contributed by atoms with Gasteiger partial charge in [0.05, 0.1) is 0 Å². The summed E-state index contributed by atoms with van der Waals surface area (Å²) in [5, 5.41) is 0. The molecule has 0 spiro atoms. The molecule has 0 radical (unpaired) electrons. The Morgan fingerprint density at radius 1 is 0.240 bits per heavy atom. The number of rotatable bonds is 0. The molecule has 0 saturated carbocycles. The smallest absolute Gasteiger partial charge is 0.264 e. The van der Waals surface area contributed by atoms with E-state index in [1.165, 1.54) is 0 Å². The molecule has 25 heavy (non-hydrogen) atoms. The van der Waals surface area contributed by atoms with Gasteiger partial charge >= 0.3 is 52.0 Å². The van der Waals surface area contributed by atoms with Crippen LogP contribution in [0.15, 0.2) is 0 Å². The minimum atomic E-state index is -4.67. The Labute approximate surface area is 140 Å². The highest BCUT2D eigenvalue weighted by Gasteiger charge is 1.86. The fourth-order valence-corrected chi connectivity index (χ4v) is 0. The Hall–Kier alpha value is -0.650. The van der Waals surface area contributed by atoms with Gasteiger partial charge < -0.3 is 0 Å². The largest absolute Gasteiger partial charge is 0.394 e. The Balaban J connectivity index is -0.0000000667. The molecule has 0 amide bonds. The van der Waals surface area contributed by atoms with Crippen molar-refractivity contribution in [3.05, 3.63) is 0 Å². The van der Waals surface area contributed by atoms with Gasteiger partial charge in [0.25, 0.3) is 0 Å². The van der Waals surface area contributed by atoms with Crippen molar-refractivity contribution >= 4 is 52.0 Å². The molecule has 0 rings (SSSR count). The first kappa shape index (κ1) is 35.5. The Kier molecular flexibility index (Phi) is 19.2. The summed E-state index contributed by atoms with van der Waals surface area (Å²) in [5.41, 5.74) is 0. The fraction of sp³-hybridized carbons (Fsp3) is 0. The van der Waals surface area contributed by atoms with Crippen LogP contribution in [0.1, 0.15) is 0 Å². The van der Waals surface area contributed by atoms with E-state index in [0.717, 1.165) is 0 Å². The molecule has 0 aromatic carbocycles.